The van der Waals surface area contributed by atoms with Crippen molar-refractivity contribution >= 4 is 16.7 Å². The maximum absolute atomic E-state index is 12.5. The summed E-state index contributed by atoms with van der Waals surface area (Å²) in [5.41, 5.74) is -0.265. The number of nitrogens with one attached hydrogen (secondary N) is 1. The van der Waals surface area contributed by atoms with Gasteiger partial charge in [-0.3, -0.25) is 14.7 Å². The molecule has 0 amide bonds. The zero-order valence-electron chi connectivity index (χ0n) is 11.2. The first-order valence-electron chi connectivity index (χ1n) is 6.39. The second-order valence-corrected chi connectivity index (χ2v) is 4.45. The average molecular weight is 284 g/mol. The normalized spacial score (nSPS) is 10.9. The molecule has 0 fully saturated rings. The number of rotatable bonds is 3. The van der Waals surface area contributed by atoms with Gasteiger partial charge in [0.25, 0.3) is 5.56 Å². The van der Waals surface area contributed by atoms with Gasteiger partial charge in [0.1, 0.15) is 17.6 Å². The van der Waals surface area contributed by atoms with Crippen LogP contribution in [0.3, 0.4) is 0 Å². The molecule has 0 aliphatic rings. The van der Waals surface area contributed by atoms with Gasteiger partial charge >= 0.3 is 0 Å². The molecule has 2 heterocycles. The lowest BCUT2D eigenvalue weighted by Gasteiger charge is -2.12. The van der Waals surface area contributed by atoms with Gasteiger partial charge in [0.15, 0.2) is 5.82 Å². The number of carbonyl (C=O) groups is 1. The quantitative estimate of drug-likeness (QED) is 0.701. The summed E-state index contributed by atoms with van der Waals surface area (Å²) in [5.74, 6) is -1.09. The number of pyridine rings is 1. The van der Waals surface area contributed by atoms with Crippen molar-refractivity contribution in [3.05, 3.63) is 52.3 Å². The SMILES string of the molecule is CCn1c(=O)c(C(=O)c2ncn[nH]2)c(O)c2ccccc21. The first-order valence-corrected chi connectivity index (χ1v) is 6.39. The fraction of sp³-hybridized carbons (Fsp3) is 0.143. The summed E-state index contributed by atoms with van der Waals surface area (Å²) in [6.45, 7) is 2.18. The number of fused-ring (bicyclic) bond motifs is 1. The molecule has 0 saturated carbocycles. The first kappa shape index (κ1) is 13.0. The number of carbonyl (C=O) groups excluding carboxylic acids is 1. The van der Waals surface area contributed by atoms with E-state index in [9.17, 15) is 14.7 Å². The molecule has 0 aliphatic heterocycles. The van der Waals surface area contributed by atoms with E-state index in [0.29, 0.717) is 17.4 Å². The van der Waals surface area contributed by atoms with E-state index in [0.717, 1.165) is 0 Å². The summed E-state index contributed by atoms with van der Waals surface area (Å²) < 4.78 is 1.44. The lowest BCUT2D eigenvalue weighted by molar-refractivity contribution is 0.102. The summed E-state index contributed by atoms with van der Waals surface area (Å²) in [6, 6.07) is 6.89. The van der Waals surface area contributed by atoms with Gasteiger partial charge in [-0.05, 0) is 19.1 Å². The number of aromatic hydroxyl groups is 1. The Morgan fingerprint density at radius 2 is 2.14 bits per heavy atom. The lowest BCUT2D eigenvalue weighted by atomic mass is 10.1. The van der Waals surface area contributed by atoms with E-state index in [1.807, 2.05) is 0 Å². The summed E-state index contributed by atoms with van der Waals surface area (Å²) in [7, 11) is 0. The highest BCUT2D eigenvalue weighted by molar-refractivity contribution is 6.10. The summed E-state index contributed by atoms with van der Waals surface area (Å²) >= 11 is 0. The van der Waals surface area contributed by atoms with Gasteiger partial charge in [-0.15, -0.1) is 0 Å². The van der Waals surface area contributed by atoms with Gasteiger partial charge in [0.2, 0.25) is 5.78 Å². The highest BCUT2D eigenvalue weighted by Crippen LogP contribution is 2.27. The van der Waals surface area contributed by atoms with Crippen molar-refractivity contribution in [3.63, 3.8) is 0 Å². The third kappa shape index (κ3) is 1.90. The monoisotopic (exact) mass is 284 g/mol. The molecule has 0 radical (unpaired) electrons. The van der Waals surface area contributed by atoms with Crippen molar-refractivity contribution in [2.24, 2.45) is 0 Å². The molecule has 106 valence electrons. The maximum Gasteiger partial charge on any atom is 0.266 e. The Morgan fingerprint density at radius 3 is 2.81 bits per heavy atom. The van der Waals surface area contributed by atoms with Crippen molar-refractivity contribution < 1.29 is 9.90 Å². The summed E-state index contributed by atoms with van der Waals surface area (Å²) in [5, 5.41) is 16.8. The number of aromatic amines is 1. The Labute approximate surface area is 118 Å². The molecule has 1 aromatic carbocycles. The molecule has 0 spiro atoms. The summed E-state index contributed by atoms with van der Waals surface area (Å²) in [6.07, 6.45) is 1.17. The molecular formula is C14H12N4O3. The standard InChI is InChI=1S/C14H12N4O3/c1-2-18-9-6-4-3-5-8(9)11(19)10(14(18)21)12(20)13-15-7-16-17-13/h3-7,19H,2H2,1H3,(H,15,16,17). The number of nitrogens with zero attached hydrogens (tertiary/aromatic N) is 3. The van der Waals surface area contributed by atoms with Gasteiger partial charge in [-0.25, -0.2) is 4.98 Å². The van der Waals surface area contributed by atoms with E-state index in [1.54, 1.807) is 31.2 Å². The topological polar surface area (TPSA) is 101 Å². The van der Waals surface area contributed by atoms with Crippen LogP contribution in [0.5, 0.6) is 5.75 Å². The van der Waals surface area contributed by atoms with Crippen LogP contribution in [-0.2, 0) is 6.54 Å². The molecule has 0 aliphatic carbocycles. The van der Waals surface area contributed by atoms with Gasteiger partial charge in [0, 0.05) is 11.9 Å². The largest absolute Gasteiger partial charge is 0.506 e. The molecule has 3 aromatic rings. The minimum atomic E-state index is -0.678. The second kappa shape index (κ2) is 4.86. The van der Waals surface area contributed by atoms with Gasteiger partial charge in [0.05, 0.1) is 5.52 Å². The van der Waals surface area contributed by atoms with Crippen LogP contribution in [-0.4, -0.2) is 30.6 Å². The molecular weight excluding hydrogens is 272 g/mol. The van der Waals surface area contributed by atoms with Crippen molar-refractivity contribution in [3.8, 4) is 5.75 Å². The Hall–Kier alpha value is -2.96. The zero-order chi connectivity index (χ0) is 15.0. The minimum Gasteiger partial charge on any atom is -0.506 e. The fourth-order valence-corrected chi connectivity index (χ4v) is 2.34. The molecule has 0 atom stereocenters. The van der Waals surface area contributed by atoms with Crippen LogP contribution in [0.2, 0.25) is 0 Å². The number of ketones is 1. The van der Waals surface area contributed by atoms with Crippen molar-refractivity contribution in [1.29, 1.82) is 0 Å². The van der Waals surface area contributed by atoms with Gasteiger partial charge in [-0.2, -0.15) is 5.10 Å². The predicted octanol–water partition coefficient (Wildman–Crippen LogP) is 1.08. The number of benzene rings is 1. The molecule has 2 aromatic heterocycles. The lowest BCUT2D eigenvalue weighted by Crippen LogP contribution is -2.27. The van der Waals surface area contributed by atoms with Gasteiger partial charge in [-0.1, -0.05) is 12.1 Å². The highest BCUT2D eigenvalue weighted by atomic mass is 16.3. The number of aromatic nitrogens is 4. The average Bonchev–Trinajstić information content (AvgIpc) is 3.02. The Kier molecular flexibility index (Phi) is 3.02. The number of aryl methyl sites for hydroxylation is 1. The van der Waals surface area contributed by atoms with E-state index >= 15 is 0 Å². The van der Waals surface area contributed by atoms with E-state index in [4.69, 9.17) is 0 Å². The van der Waals surface area contributed by atoms with Crippen LogP contribution in [0.1, 0.15) is 23.1 Å². The van der Waals surface area contributed by atoms with Crippen LogP contribution in [0.25, 0.3) is 10.9 Å². The third-order valence-corrected chi connectivity index (χ3v) is 3.32. The molecule has 21 heavy (non-hydrogen) atoms. The highest BCUT2D eigenvalue weighted by Gasteiger charge is 2.24. The Bertz CT molecular complexity index is 881. The first-order chi connectivity index (χ1) is 10.1. The number of hydrogen-bond donors (Lipinski definition) is 2. The van der Waals surface area contributed by atoms with Crippen molar-refractivity contribution in [2.45, 2.75) is 13.5 Å². The Balaban J connectivity index is 2.38. The van der Waals surface area contributed by atoms with E-state index in [-0.39, 0.29) is 17.1 Å². The van der Waals surface area contributed by atoms with Crippen molar-refractivity contribution in [2.75, 3.05) is 0 Å². The molecule has 2 N–H and O–H groups in total. The minimum absolute atomic E-state index is 0.0830. The van der Waals surface area contributed by atoms with Crippen LogP contribution >= 0.6 is 0 Å². The fourth-order valence-electron chi connectivity index (χ4n) is 2.34. The van der Waals surface area contributed by atoms with Crippen LogP contribution in [0, 0.1) is 0 Å². The number of hydrogen-bond acceptors (Lipinski definition) is 5. The summed E-state index contributed by atoms with van der Waals surface area (Å²) in [4.78, 5) is 28.6. The maximum atomic E-state index is 12.5. The van der Waals surface area contributed by atoms with Crippen LogP contribution < -0.4 is 5.56 Å². The van der Waals surface area contributed by atoms with E-state index in [1.165, 1.54) is 10.9 Å². The number of para-hydroxylation sites is 1. The smallest absolute Gasteiger partial charge is 0.266 e. The third-order valence-electron chi connectivity index (χ3n) is 3.32. The molecule has 3 rings (SSSR count). The predicted molar refractivity (Wildman–Crippen MR) is 75.4 cm³/mol. The Morgan fingerprint density at radius 1 is 1.38 bits per heavy atom. The van der Waals surface area contributed by atoms with Gasteiger partial charge < -0.3 is 9.67 Å². The molecule has 0 bridgehead atoms. The second-order valence-electron chi connectivity index (χ2n) is 4.45. The van der Waals surface area contributed by atoms with Crippen LogP contribution in [0.4, 0.5) is 0 Å². The molecule has 0 unspecified atom stereocenters. The number of H-pyrrole nitrogens is 1. The zero-order valence-corrected chi connectivity index (χ0v) is 11.2. The van der Waals surface area contributed by atoms with Crippen LogP contribution in [0.15, 0.2) is 35.4 Å². The van der Waals surface area contributed by atoms with E-state index < -0.39 is 11.3 Å². The molecule has 7 heteroatoms. The van der Waals surface area contributed by atoms with E-state index in [2.05, 4.69) is 15.2 Å². The molecule has 0 saturated heterocycles. The molecule has 7 nitrogen and oxygen atoms in total. The van der Waals surface area contributed by atoms with Crippen molar-refractivity contribution in [1.82, 2.24) is 19.7 Å².